The fraction of sp³-hybridized carbons (Fsp3) is 0.421. The standard InChI is InChI=1S/C19H21N5OS/c1-12-11-26-17-16(12)21-18(13-2-3-13)22-19(17)24-8-6-23(7-9-24)14-4-5-15(25)20-10-14/h4-5,10-11,13H,2-3,6-9H2,1H3,(H,20,25). The highest BCUT2D eigenvalue weighted by atomic mass is 32.1. The van der Waals surface area contributed by atoms with Crippen LogP contribution in [0.4, 0.5) is 11.5 Å². The van der Waals surface area contributed by atoms with Crippen LogP contribution < -0.4 is 15.4 Å². The molecule has 0 atom stereocenters. The molecule has 26 heavy (non-hydrogen) atoms. The lowest BCUT2D eigenvalue weighted by atomic mass is 10.2. The Kier molecular flexibility index (Phi) is 3.70. The first-order valence-electron chi connectivity index (χ1n) is 9.13. The number of nitrogens with zero attached hydrogens (tertiary/aromatic N) is 4. The zero-order valence-corrected chi connectivity index (χ0v) is 15.6. The third-order valence-corrected chi connectivity index (χ3v) is 6.33. The zero-order chi connectivity index (χ0) is 17.7. The summed E-state index contributed by atoms with van der Waals surface area (Å²) in [5, 5.41) is 2.19. The molecule has 2 aliphatic rings. The molecule has 2 fully saturated rings. The number of rotatable bonds is 3. The summed E-state index contributed by atoms with van der Waals surface area (Å²) in [4.78, 5) is 28.6. The minimum atomic E-state index is -0.0589. The number of pyridine rings is 1. The van der Waals surface area contributed by atoms with Gasteiger partial charge in [-0.25, -0.2) is 9.97 Å². The van der Waals surface area contributed by atoms with Crippen LogP contribution in [0, 0.1) is 6.92 Å². The van der Waals surface area contributed by atoms with Crippen LogP contribution in [0.2, 0.25) is 0 Å². The van der Waals surface area contributed by atoms with E-state index in [1.165, 1.54) is 23.1 Å². The van der Waals surface area contributed by atoms with Crippen LogP contribution in [-0.2, 0) is 0 Å². The molecule has 4 heterocycles. The maximum Gasteiger partial charge on any atom is 0.248 e. The van der Waals surface area contributed by atoms with Crippen molar-refractivity contribution in [2.45, 2.75) is 25.7 Å². The molecule has 0 bridgehead atoms. The van der Waals surface area contributed by atoms with Crippen molar-refractivity contribution in [1.82, 2.24) is 15.0 Å². The van der Waals surface area contributed by atoms with Crippen molar-refractivity contribution in [3.63, 3.8) is 0 Å². The number of hydrogen-bond acceptors (Lipinski definition) is 6. The average Bonchev–Trinajstić information content (AvgIpc) is 3.46. The van der Waals surface area contributed by atoms with Gasteiger partial charge in [-0.05, 0) is 36.8 Å². The van der Waals surface area contributed by atoms with Crippen LogP contribution in [0.15, 0.2) is 28.5 Å². The second-order valence-corrected chi connectivity index (χ2v) is 8.04. The normalized spacial score (nSPS) is 17.9. The van der Waals surface area contributed by atoms with E-state index >= 15 is 0 Å². The van der Waals surface area contributed by atoms with E-state index in [-0.39, 0.29) is 5.56 Å². The zero-order valence-electron chi connectivity index (χ0n) is 14.7. The summed E-state index contributed by atoms with van der Waals surface area (Å²) in [7, 11) is 0. The van der Waals surface area contributed by atoms with Crippen LogP contribution in [0.3, 0.4) is 0 Å². The Labute approximate surface area is 155 Å². The number of H-pyrrole nitrogens is 1. The van der Waals surface area contributed by atoms with Gasteiger partial charge in [-0.3, -0.25) is 4.79 Å². The van der Waals surface area contributed by atoms with Gasteiger partial charge in [0, 0.05) is 44.4 Å². The van der Waals surface area contributed by atoms with E-state index in [2.05, 4.69) is 27.1 Å². The van der Waals surface area contributed by atoms with Crippen molar-refractivity contribution in [2.75, 3.05) is 36.0 Å². The Morgan fingerprint density at radius 2 is 1.88 bits per heavy atom. The molecule has 1 saturated carbocycles. The van der Waals surface area contributed by atoms with Gasteiger partial charge in [-0.2, -0.15) is 0 Å². The molecule has 0 amide bonds. The van der Waals surface area contributed by atoms with Crippen LogP contribution in [-0.4, -0.2) is 41.1 Å². The highest BCUT2D eigenvalue weighted by Crippen LogP contribution is 2.41. The molecule has 0 aromatic carbocycles. The number of fused-ring (bicyclic) bond motifs is 1. The van der Waals surface area contributed by atoms with Gasteiger partial charge in [0.15, 0.2) is 5.82 Å². The molecule has 1 aliphatic heterocycles. The van der Waals surface area contributed by atoms with Crippen LogP contribution in [0.5, 0.6) is 0 Å². The summed E-state index contributed by atoms with van der Waals surface area (Å²) < 4.78 is 1.21. The SMILES string of the molecule is Cc1csc2c(N3CCN(c4ccc(=O)[nH]c4)CC3)nc(C3CC3)nc12. The topological polar surface area (TPSA) is 65.1 Å². The molecule has 0 unspecified atom stereocenters. The van der Waals surface area contributed by atoms with Crippen molar-refractivity contribution in [2.24, 2.45) is 0 Å². The second kappa shape index (κ2) is 6.09. The summed E-state index contributed by atoms with van der Waals surface area (Å²) >= 11 is 1.75. The number of aromatic nitrogens is 3. The molecule has 0 spiro atoms. The minimum absolute atomic E-state index is 0.0589. The Balaban J connectivity index is 1.42. The molecule has 5 rings (SSSR count). The van der Waals surface area contributed by atoms with E-state index in [1.807, 2.05) is 6.07 Å². The molecule has 1 N–H and O–H groups in total. The Morgan fingerprint density at radius 1 is 1.12 bits per heavy atom. The second-order valence-electron chi connectivity index (χ2n) is 7.16. The third-order valence-electron chi connectivity index (χ3n) is 5.25. The quantitative estimate of drug-likeness (QED) is 0.771. The number of piperazine rings is 1. The predicted molar refractivity (Wildman–Crippen MR) is 106 cm³/mol. The minimum Gasteiger partial charge on any atom is -0.367 e. The van der Waals surface area contributed by atoms with Gasteiger partial charge in [-0.15, -0.1) is 11.3 Å². The molecule has 3 aromatic heterocycles. The van der Waals surface area contributed by atoms with Crippen LogP contribution >= 0.6 is 11.3 Å². The van der Waals surface area contributed by atoms with Crippen molar-refractivity contribution in [3.05, 3.63) is 45.5 Å². The molecular weight excluding hydrogens is 346 g/mol. The molecule has 1 aliphatic carbocycles. The number of aromatic amines is 1. The van der Waals surface area contributed by atoms with Gasteiger partial charge in [0.1, 0.15) is 5.82 Å². The highest BCUT2D eigenvalue weighted by molar-refractivity contribution is 7.18. The summed E-state index contributed by atoms with van der Waals surface area (Å²) in [6.45, 7) is 5.82. The van der Waals surface area contributed by atoms with Gasteiger partial charge in [-0.1, -0.05) is 0 Å². The Morgan fingerprint density at radius 3 is 2.58 bits per heavy atom. The van der Waals surface area contributed by atoms with Crippen molar-refractivity contribution in [3.8, 4) is 0 Å². The lowest BCUT2D eigenvalue weighted by molar-refractivity contribution is 0.646. The summed E-state index contributed by atoms with van der Waals surface area (Å²) in [5.41, 5.74) is 3.39. The van der Waals surface area contributed by atoms with Crippen molar-refractivity contribution >= 4 is 33.1 Å². The molecule has 3 aromatic rings. The monoisotopic (exact) mass is 367 g/mol. The number of hydrogen-bond donors (Lipinski definition) is 1. The van der Waals surface area contributed by atoms with Crippen LogP contribution in [0.25, 0.3) is 10.2 Å². The first-order valence-corrected chi connectivity index (χ1v) is 10.0. The summed E-state index contributed by atoms with van der Waals surface area (Å²) in [5.74, 6) is 2.69. The maximum absolute atomic E-state index is 11.3. The van der Waals surface area contributed by atoms with Crippen molar-refractivity contribution in [1.29, 1.82) is 0 Å². The first kappa shape index (κ1) is 15.8. The lowest BCUT2D eigenvalue weighted by Gasteiger charge is -2.36. The fourth-order valence-corrected chi connectivity index (χ4v) is 4.55. The van der Waals surface area contributed by atoms with Gasteiger partial charge < -0.3 is 14.8 Å². The summed E-state index contributed by atoms with van der Waals surface area (Å²) in [6, 6.07) is 3.48. The fourth-order valence-electron chi connectivity index (χ4n) is 3.55. The maximum atomic E-state index is 11.3. The van der Waals surface area contributed by atoms with Crippen molar-refractivity contribution < 1.29 is 0 Å². The number of aryl methyl sites for hydroxylation is 1. The lowest BCUT2D eigenvalue weighted by Crippen LogP contribution is -2.47. The van der Waals surface area contributed by atoms with Gasteiger partial charge >= 0.3 is 0 Å². The van der Waals surface area contributed by atoms with Gasteiger partial charge in [0.2, 0.25) is 5.56 Å². The van der Waals surface area contributed by atoms with E-state index in [9.17, 15) is 4.79 Å². The Hall–Kier alpha value is -2.41. The van der Waals surface area contributed by atoms with E-state index in [4.69, 9.17) is 9.97 Å². The number of anilines is 2. The highest BCUT2D eigenvalue weighted by Gasteiger charge is 2.30. The smallest absolute Gasteiger partial charge is 0.248 e. The van der Waals surface area contributed by atoms with E-state index in [0.717, 1.165) is 49.0 Å². The molecule has 1 saturated heterocycles. The van der Waals surface area contributed by atoms with Gasteiger partial charge in [0.05, 0.1) is 15.9 Å². The molecule has 0 radical (unpaired) electrons. The van der Waals surface area contributed by atoms with Crippen LogP contribution in [0.1, 0.15) is 30.1 Å². The first-order chi connectivity index (χ1) is 12.7. The number of thiophene rings is 1. The molecule has 134 valence electrons. The number of nitrogens with one attached hydrogen (secondary N) is 1. The third kappa shape index (κ3) is 2.76. The van der Waals surface area contributed by atoms with E-state index in [0.29, 0.717) is 5.92 Å². The average molecular weight is 367 g/mol. The molecular formula is C19H21N5OS. The molecule has 7 heteroatoms. The van der Waals surface area contributed by atoms with E-state index < -0.39 is 0 Å². The Bertz CT molecular complexity index is 994. The summed E-state index contributed by atoms with van der Waals surface area (Å²) in [6.07, 6.45) is 4.23. The van der Waals surface area contributed by atoms with E-state index in [1.54, 1.807) is 23.6 Å². The molecule has 6 nitrogen and oxygen atoms in total. The largest absolute Gasteiger partial charge is 0.367 e. The predicted octanol–water partition coefficient (Wildman–Crippen LogP) is 2.89. The van der Waals surface area contributed by atoms with Gasteiger partial charge in [0.25, 0.3) is 0 Å².